The van der Waals surface area contributed by atoms with Gasteiger partial charge in [0.15, 0.2) is 11.5 Å². The van der Waals surface area contributed by atoms with Crippen molar-refractivity contribution in [3.63, 3.8) is 0 Å². The number of benzene rings is 2. The monoisotopic (exact) mass is 305 g/mol. The number of hydrogen-bond acceptors (Lipinski definition) is 3. The molecule has 0 spiro atoms. The summed E-state index contributed by atoms with van der Waals surface area (Å²) in [7, 11) is 3.50. The van der Waals surface area contributed by atoms with E-state index in [0.29, 0.717) is 17.3 Å². The predicted molar refractivity (Wildman–Crippen MR) is 87.7 cm³/mol. The molecule has 0 bridgehead atoms. The van der Waals surface area contributed by atoms with Gasteiger partial charge in [-0.15, -0.1) is 0 Å². The quantitative estimate of drug-likeness (QED) is 0.913. The summed E-state index contributed by atoms with van der Waals surface area (Å²) >= 11 is 6.07. The summed E-state index contributed by atoms with van der Waals surface area (Å²) < 4.78 is 5.14. The van der Waals surface area contributed by atoms with Crippen molar-refractivity contribution in [1.29, 1.82) is 0 Å². The lowest BCUT2D eigenvalue weighted by molar-refractivity contribution is 0.370. The largest absolute Gasteiger partial charge is 0.504 e. The number of ether oxygens (including phenoxy) is 1. The number of phenols is 1. The van der Waals surface area contributed by atoms with E-state index in [0.717, 1.165) is 11.3 Å². The van der Waals surface area contributed by atoms with Crippen LogP contribution in [0.15, 0.2) is 30.3 Å². The molecule has 0 aliphatic carbocycles. The van der Waals surface area contributed by atoms with Gasteiger partial charge in [-0.25, -0.2) is 0 Å². The highest BCUT2D eigenvalue weighted by Gasteiger charge is 2.12. The van der Waals surface area contributed by atoms with Gasteiger partial charge in [0.05, 0.1) is 7.11 Å². The van der Waals surface area contributed by atoms with Gasteiger partial charge in [0.25, 0.3) is 0 Å². The second-order valence-electron chi connectivity index (χ2n) is 5.32. The molecule has 0 saturated carbocycles. The molecule has 0 atom stereocenters. The average Bonchev–Trinajstić information content (AvgIpc) is 2.41. The highest BCUT2D eigenvalue weighted by Crippen LogP contribution is 2.34. The van der Waals surface area contributed by atoms with Gasteiger partial charge in [-0.2, -0.15) is 0 Å². The summed E-state index contributed by atoms with van der Waals surface area (Å²) in [5, 5.41) is 10.8. The van der Waals surface area contributed by atoms with Crippen molar-refractivity contribution in [2.45, 2.75) is 20.4 Å². The third-order valence-corrected chi connectivity index (χ3v) is 3.61. The SMILES string of the molecule is COc1cc(Cl)cc(CN(C)c2cc(C)cc(C)c2)c1O. The third-order valence-electron chi connectivity index (χ3n) is 3.39. The van der Waals surface area contributed by atoms with E-state index in [-0.39, 0.29) is 5.75 Å². The molecule has 112 valence electrons. The van der Waals surface area contributed by atoms with E-state index in [9.17, 15) is 5.11 Å². The summed E-state index contributed by atoms with van der Waals surface area (Å²) in [6, 6.07) is 9.74. The summed E-state index contributed by atoms with van der Waals surface area (Å²) in [6.45, 7) is 4.69. The molecular formula is C17H20ClNO2. The molecule has 0 radical (unpaired) electrons. The van der Waals surface area contributed by atoms with Crippen molar-refractivity contribution in [1.82, 2.24) is 0 Å². The Bertz CT molecular complexity index is 635. The smallest absolute Gasteiger partial charge is 0.162 e. The van der Waals surface area contributed by atoms with Gasteiger partial charge < -0.3 is 14.7 Å². The molecule has 2 rings (SSSR count). The number of rotatable bonds is 4. The predicted octanol–water partition coefficient (Wildman–Crippen LogP) is 4.31. The average molecular weight is 306 g/mol. The zero-order valence-corrected chi connectivity index (χ0v) is 13.5. The van der Waals surface area contributed by atoms with Crippen LogP contribution in [0.5, 0.6) is 11.5 Å². The normalized spacial score (nSPS) is 10.5. The number of aromatic hydroxyl groups is 1. The van der Waals surface area contributed by atoms with Gasteiger partial charge in [-0.1, -0.05) is 17.7 Å². The van der Waals surface area contributed by atoms with Crippen LogP contribution in [0.4, 0.5) is 5.69 Å². The van der Waals surface area contributed by atoms with Crippen molar-refractivity contribution in [3.05, 3.63) is 52.0 Å². The number of hydrogen-bond donors (Lipinski definition) is 1. The Labute approximate surface area is 130 Å². The molecular weight excluding hydrogens is 286 g/mol. The molecule has 0 saturated heterocycles. The second kappa shape index (κ2) is 6.27. The van der Waals surface area contributed by atoms with E-state index in [1.54, 1.807) is 12.1 Å². The molecule has 0 amide bonds. The summed E-state index contributed by atoms with van der Waals surface area (Å²) in [6.07, 6.45) is 0. The fraction of sp³-hybridized carbons (Fsp3) is 0.294. The van der Waals surface area contributed by atoms with Gasteiger partial charge in [-0.3, -0.25) is 0 Å². The standard InChI is InChI=1S/C17H20ClNO2/c1-11-5-12(2)7-15(6-11)19(3)10-13-8-14(18)9-16(21-4)17(13)20/h5-9,20H,10H2,1-4H3. The molecule has 4 heteroatoms. The van der Waals surface area contributed by atoms with Crippen LogP contribution in [0.3, 0.4) is 0 Å². The molecule has 21 heavy (non-hydrogen) atoms. The molecule has 3 nitrogen and oxygen atoms in total. The van der Waals surface area contributed by atoms with E-state index in [2.05, 4.69) is 36.9 Å². The van der Waals surface area contributed by atoms with E-state index in [4.69, 9.17) is 16.3 Å². The zero-order chi connectivity index (χ0) is 15.6. The van der Waals surface area contributed by atoms with Crippen molar-refractivity contribution < 1.29 is 9.84 Å². The van der Waals surface area contributed by atoms with E-state index in [1.165, 1.54) is 18.2 Å². The summed E-state index contributed by atoms with van der Waals surface area (Å²) in [4.78, 5) is 2.07. The first-order valence-electron chi connectivity index (χ1n) is 6.75. The molecule has 2 aromatic carbocycles. The van der Waals surface area contributed by atoms with Gasteiger partial charge in [-0.05, 0) is 43.2 Å². The first kappa shape index (κ1) is 15.5. The van der Waals surface area contributed by atoms with Gasteiger partial charge in [0.1, 0.15) is 0 Å². The Morgan fingerprint density at radius 3 is 2.29 bits per heavy atom. The topological polar surface area (TPSA) is 32.7 Å². The fourth-order valence-corrected chi connectivity index (χ4v) is 2.65. The Hall–Kier alpha value is -1.87. The van der Waals surface area contributed by atoms with Crippen LogP contribution in [-0.2, 0) is 6.54 Å². The van der Waals surface area contributed by atoms with E-state index < -0.39 is 0 Å². The van der Waals surface area contributed by atoms with Crippen LogP contribution >= 0.6 is 11.6 Å². The lowest BCUT2D eigenvalue weighted by Crippen LogP contribution is -2.16. The van der Waals surface area contributed by atoms with Crippen LogP contribution in [-0.4, -0.2) is 19.3 Å². The third kappa shape index (κ3) is 3.61. The maximum absolute atomic E-state index is 10.2. The minimum absolute atomic E-state index is 0.137. The van der Waals surface area contributed by atoms with Crippen molar-refractivity contribution in [3.8, 4) is 11.5 Å². The number of halogens is 1. The van der Waals surface area contributed by atoms with Crippen molar-refractivity contribution >= 4 is 17.3 Å². The number of anilines is 1. The minimum Gasteiger partial charge on any atom is -0.504 e. The highest BCUT2D eigenvalue weighted by atomic mass is 35.5. The molecule has 2 aromatic rings. The van der Waals surface area contributed by atoms with Crippen LogP contribution < -0.4 is 9.64 Å². The Morgan fingerprint density at radius 1 is 1.10 bits per heavy atom. The Morgan fingerprint density at radius 2 is 1.71 bits per heavy atom. The molecule has 0 fully saturated rings. The van der Waals surface area contributed by atoms with Gasteiger partial charge >= 0.3 is 0 Å². The summed E-state index contributed by atoms with van der Waals surface area (Å²) in [5.41, 5.74) is 4.27. The Kier molecular flexibility index (Phi) is 4.63. The lowest BCUT2D eigenvalue weighted by Gasteiger charge is -2.22. The molecule has 0 heterocycles. The van der Waals surface area contributed by atoms with E-state index in [1.807, 2.05) is 7.05 Å². The van der Waals surface area contributed by atoms with Gasteiger partial charge in [0.2, 0.25) is 0 Å². The van der Waals surface area contributed by atoms with E-state index >= 15 is 0 Å². The van der Waals surface area contributed by atoms with Gasteiger partial charge in [0, 0.05) is 35.9 Å². The van der Waals surface area contributed by atoms with Crippen LogP contribution in [0.1, 0.15) is 16.7 Å². The van der Waals surface area contributed by atoms with Crippen molar-refractivity contribution in [2.24, 2.45) is 0 Å². The maximum Gasteiger partial charge on any atom is 0.162 e. The molecule has 0 aliphatic heterocycles. The Balaban J connectivity index is 2.31. The zero-order valence-electron chi connectivity index (χ0n) is 12.8. The minimum atomic E-state index is 0.137. The lowest BCUT2D eigenvalue weighted by atomic mass is 10.1. The number of methoxy groups -OCH3 is 1. The molecule has 0 aromatic heterocycles. The fourth-order valence-electron chi connectivity index (χ4n) is 2.42. The first-order chi connectivity index (χ1) is 9.90. The molecule has 1 N–H and O–H groups in total. The van der Waals surface area contributed by atoms with Crippen LogP contribution in [0.25, 0.3) is 0 Å². The summed E-state index contributed by atoms with van der Waals surface area (Å²) in [5.74, 6) is 0.532. The highest BCUT2D eigenvalue weighted by molar-refractivity contribution is 6.30. The second-order valence-corrected chi connectivity index (χ2v) is 5.75. The number of nitrogens with zero attached hydrogens (tertiary/aromatic N) is 1. The number of phenolic OH excluding ortho intramolecular Hbond substituents is 1. The maximum atomic E-state index is 10.2. The van der Waals surface area contributed by atoms with Crippen LogP contribution in [0, 0.1) is 13.8 Å². The van der Waals surface area contributed by atoms with Crippen molar-refractivity contribution in [2.75, 3.05) is 19.1 Å². The van der Waals surface area contributed by atoms with Crippen LogP contribution in [0.2, 0.25) is 5.02 Å². The molecule has 0 unspecified atom stereocenters. The first-order valence-corrected chi connectivity index (χ1v) is 7.13. The number of aryl methyl sites for hydroxylation is 2. The molecule has 0 aliphatic rings.